The van der Waals surface area contributed by atoms with Gasteiger partial charge in [0.15, 0.2) is 5.78 Å². The van der Waals surface area contributed by atoms with Gasteiger partial charge < -0.3 is 9.47 Å². The highest BCUT2D eigenvalue weighted by molar-refractivity contribution is 6.02. The summed E-state index contributed by atoms with van der Waals surface area (Å²) in [6.45, 7) is 4.27. The predicted molar refractivity (Wildman–Crippen MR) is 114 cm³/mol. The van der Waals surface area contributed by atoms with Crippen LogP contribution in [0.2, 0.25) is 0 Å². The van der Waals surface area contributed by atoms with Gasteiger partial charge in [-0.2, -0.15) is 0 Å². The largest absolute Gasteiger partial charge is 0.497 e. The normalized spacial score (nSPS) is 20.1. The molecule has 0 radical (unpaired) electrons. The average Bonchev–Trinajstić information content (AvgIpc) is 2.71. The molecular formula is C26H24O3. The Morgan fingerprint density at radius 1 is 0.966 bits per heavy atom. The smallest absolute Gasteiger partial charge is 0.163 e. The SMILES string of the molecule is COc1ccc(C2C3=C(CC(C)(C)CC3=O)Oc3ccc4ccccc4c32)cc1. The third-order valence-electron chi connectivity index (χ3n) is 6.07. The van der Waals surface area contributed by atoms with E-state index >= 15 is 0 Å². The summed E-state index contributed by atoms with van der Waals surface area (Å²) in [7, 11) is 1.67. The molecule has 3 nitrogen and oxygen atoms in total. The van der Waals surface area contributed by atoms with E-state index in [1.807, 2.05) is 30.3 Å². The van der Waals surface area contributed by atoms with Crippen LogP contribution < -0.4 is 9.47 Å². The number of methoxy groups -OCH3 is 1. The molecule has 3 aromatic carbocycles. The summed E-state index contributed by atoms with van der Waals surface area (Å²) in [6.07, 6.45) is 1.31. The summed E-state index contributed by atoms with van der Waals surface area (Å²) in [5, 5.41) is 2.29. The van der Waals surface area contributed by atoms with Gasteiger partial charge in [0.05, 0.1) is 7.11 Å². The lowest BCUT2D eigenvalue weighted by Gasteiger charge is -2.38. The van der Waals surface area contributed by atoms with Crippen molar-refractivity contribution < 1.29 is 14.3 Å². The van der Waals surface area contributed by atoms with Crippen molar-refractivity contribution in [1.82, 2.24) is 0 Å². The zero-order valence-electron chi connectivity index (χ0n) is 17.0. The summed E-state index contributed by atoms with van der Waals surface area (Å²) in [5.41, 5.74) is 2.90. The molecule has 3 heteroatoms. The minimum atomic E-state index is -0.130. The van der Waals surface area contributed by atoms with E-state index in [0.29, 0.717) is 6.42 Å². The number of allylic oxidation sites excluding steroid dienone is 2. The highest BCUT2D eigenvalue weighted by Gasteiger charge is 2.42. The van der Waals surface area contributed by atoms with E-state index < -0.39 is 0 Å². The summed E-state index contributed by atoms with van der Waals surface area (Å²) < 4.78 is 11.7. The number of hydrogen-bond donors (Lipinski definition) is 0. The molecule has 1 aliphatic carbocycles. The van der Waals surface area contributed by atoms with Crippen LogP contribution in [-0.2, 0) is 4.79 Å². The standard InChI is InChI=1S/C26H24O3/c1-26(2)14-20(27)25-22(15-26)29-21-13-10-16-6-4-5-7-19(16)24(21)23(25)17-8-11-18(28-3)12-9-17/h4-13,23H,14-15H2,1-3H3. The fourth-order valence-electron chi connectivity index (χ4n) is 4.76. The number of ketones is 1. The number of ether oxygens (including phenoxy) is 2. The minimum Gasteiger partial charge on any atom is -0.497 e. The Kier molecular flexibility index (Phi) is 4.02. The van der Waals surface area contributed by atoms with Crippen LogP contribution in [0.4, 0.5) is 0 Å². The molecule has 1 heterocycles. The third kappa shape index (κ3) is 2.93. The molecule has 2 aliphatic rings. The zero-order chi connectivity index (χ0) is 20.2. The van der Waals surface area contributed by atoms with Crippen LogP contribution in [0.5, 0.6) is 11.5 Å². The van der Waals surface area contributed by atoms with Crippen LogP contribution in [0.3, 0.4) is 0 Å². The predicted octanol–water partition coefficient (Wildman–Crippen LogP) is 6.02. The number of benzene rings is 3. The lowest BCUT2D eigenvalue weighted by Crippen LogP contribution is -2.33. The van der Waals surface area contributed by atoms with Gasteiger partial charge in [0.1, 0.15) is 17.3 Å². The number of fused-ring (bicyclic) bond motifs is 3. The van der Waals surface area contributed by atoms with Crippen molar-refractivity contribution in [2.45, 2.75) is 32.6 Å². The Morgan fingerprint density at radius 2 is 1.72 bits per heavy atom. The molecule has 0 amide bonds. The average molecular weight is 384 g/mol. The first-order chi connectivity index (χ1) is 14.0. The van der Waals surface area contributed by atoms with Crippen molar-refractivity contribution in [3.8, 4) is 11.5 Å². The molecule has 0 saturated carbocycles. The second kappa shape index (κ2) is 6.48. The number of Topliss-reactive ketones (excluding diaryl/α,β-unsaturated/α-hetero) is 1. The number of rotatable bonds is 2. The maximum absolute atomic E-state index is 13.3. The molecule has 5 rings (SSSR count). The monoisotopic (exact) mass is 384 g/mol. The van der Waals surface area contributed by atoms with Crippen LogP contribution in [0.25, 0.3) is 10.8 Å². The fraction of sp³-hybridized carbons (Fsp3) is 0.269. The lowest BCUT2D eigenvalue weighted by atomic mass is 9.69. The van der Waals surface area contributed by atoms with Crippen LogP contribution in [0, 0.1) is 5.41 Å². The summed E-state index contributed by atoms with van der Waals surface area (Å²) in [4.78, 5) is 13.3. The Labute approximate surface area is 171 Å². The van der Waals surface area contributed by atoms with Gasteiger partial charge in [0.25, 0.3) is 0 Å². The molecule has 1 unspecified atom stereocenters. The second-order valence-electron chi connectivity index (χ2n) is 8.78. The van der Waals surface area contributed by atoms with E-state index in [1.165, 1.54) is 0 Å². The van der Waals surface area contributed by atoms with Gasteiger partial charge in [-0.1, -0.05) is 56.3 Å². The van der Waals surface area contributed by atoms with E-state index in [0.717, 1.165) is 51.2 Å². The van der Waals surface area contributed by atoms with Gasteiger partial charge in [-0.3, -0.25) is 4.79 Å². The van der Waals surface area contributed by atoms with E-state index in [9.17, 15) is 4.79 Å². The molecule has 0 saturated heterocycles. The van der Waals surface area contributed by atoms with Crippen molar-refractivity contribution >= 4 is 16.6 Å². The minimum absolute atomic E-state index is 0.0886. The van der Waals surface area contributed by atoms with Crippen LogP contribution in [-0.4, -0.2) is 12.9 Å². The molecular weight excluding hydrogens is 360 g/mol. The van der Waals surface area contributed by atoms with Crippen molar-refractivity contribution in [3.63, 3.8) is 0 Å². The van der Waals surface area contributed by atoms with Crippen LogP contribution in [0.15, 0.2) is 72.0 Å². The number of carbonyl (C=O) groups excluding carboxylic acids is 1. The van der Waals surface area contributed by atoms with Crippen molar-refractivity contribution in [2.24, 2.45) is 5.41 Å². The molecule has 0 bridgehead atoms. The summed E-state index contributed by atoms with van der Waals surface area (Å²) in [6, 6.07) is 20.5. The Morgan fingerprint density at radius 3 is 2.48 bits per heavy atom. The zero-order valence-corrected chi connectivity index (χ0v) is 17.0. The molecule has 0 N–H and O–H groups in total. The van der Waals surface area contributed by atoms with E-state index in [4.69, 9.17) is 9.47 Å². The van der Waals surface area contributed by atoms with Gasteiger partial charge in [0.2, 0.25) is 0 Å². The molecule has 3 aromatic rings. The molecule has 29 heavy (non-hydrogen) atoms. The quantitative estimate of drug-likeness (QED) is 0.542. The highest BCUT2D eigenvalue weighted by atomic mass is 16.5. The number of hydrogen-bond acceptors (Lipinski definition) is 3. The summed E-state index contributed by atoms with van der Waals surface area (Å²) in [5.74, 6) is 2.55. The second-order valence-corrected chi connectivity index (χ2v) is 8.78. The van der Waals surface area contributed by atoms with E-state index in [-0.39, 0.29) is 17.1 Å². The first-order valence-electron chi connectivity index (χ1n) is 10.1. The lowest BCUT2D eigenvalue weighted by molar-refractivity contribution is -0.118. The van der Waals surface area contributed by atoms with Gasteiger partial charge in [-0.15, -0.1) is 0 Å². The van der Waals surface area contributed by atoms with Gasteiger partial charge in [-0.05, 0) is 39.9 Å². The molecule has 0 spiro atoms. The molecule has 1 aliphatic heterocycles. The van der Waals surface area contributed by atoms with Crippen LogP contribution in [0.1, 0.15) is 43.7 Å². The maximum atomic E-state index is 13.3. The highest BCUT2D eigenvalue weighted by Crippen LogP contribution is 2.51. The Balaban J connectivity index is 1.79. The topological polar surface area (TPSA) is 35.5 Å². The Hall–Kier alpha value is -3.07. The van der Waals surface area contributed by atoms with Gasteiger partial charge in [0, 0.05) is 29.9 Å². The van der Waals surface area contributed by atoms with Crippen LogP contribution >= 0.6 is 0 Å². The fourth-order valence-corrected chi connectivity index (χ4v) is 4.76. The third-order valence-corrected chi connectivity index (χ3v) is 6.07. The first-order valence-corrected chi connectivity index (χ1v) is 10.1. The molecule has 1 atom stereocenters. The molecule has 0 fully saturated rings. The number of carbonyl (C=O) groups is 1. The van der Waals surface area contributed by atoms with E-state index in [2.05, 4.69) is 44.2 Å². The van der Waals surface area contributed by atoms with Gasteiger partial charge in [-0.25, -0.2) is 0 Å². The van der Waals surface area contributed by atoms with Crippen molar-refractivity contribution in [3.05, 3.63) is 83.1 Å². The van der Waals surface area contributed by atoms with Gasteiger partial charge >= 0.3 is 0 Å². The maximum Gasteiger partial charge on any atom is 0.163 e. The first kappa shape index (κ1) is 18.0. The van der Waals surface area contributed by atoms with Crippen molar-refractivity contribution in [1.29, 1.82) is 0 Å². The molecule has 146 valence electrons. The van der Waals surface area contributed by atoms with E-state index in [1.54, 1.807) is 7.11 Å². The molecule has 0 aromatic heterocycles. The van der Waals surface area contributed by atoms with Crippen molar-refractivity contribution in [2.75, 3.05) is 7.11 Å². The summed E-state index contributed by atoms with van der Waals surface area (Å²) >= 11 is 0. The Bertz CT molecular complexity index is 1150.